The van der Waals surface area contributed by atoms with Crippen LogP contribution in [-0.4, -0.2) is 96.7 Å². The first-order chi connectivity index (χ1) is 44.3. The first-order valence-electron chi connectivity index (χ1n) is 37.9. The molecule has 0 aliphatic rings. The van der Waals surface area contributed by atoms with Crippen LogP contribution in [0, 0.1) is 17.8 Å². The predicted molar refractivity (Wildman–Crippen MR) is 372 cm³/mol. The summed E-state index contributed by atoms with van der Waals surface area (Å²) >= 11 is 0. The average Bonchev–Trinajstić information content (AvgIpc) is 1.54. The van der Waals surface area contributed by atoms with Gasteiger partial charge in [0.05, 0.1) is 26.4 Å². The molecule has 0 radical (unpaired) electrons. The van der Waals surface area contributed by atoms with Crippen LogP contribution < -0.4 is 0 Å². The Labute approximate surface area is 562 Å². The van der Waals surface area contributed by atoms with Crippen LogP contribution in [0.25, 0.3) is 0 Å². The molecule has 0 amide bonds. The Bertz CT molecular complexity index is 1800. The molecule has 0 saturated carbocycles. The second kappa shape index (κ2) is 63.8. The van der Waals surface area contributed by atoms with Crippen molar-refractivity contribution in [2.45, 2.75) is 388 Å². The van der Waals surface area contributed by atoms with E-state index in [1.54, 1.807) is 0 Å². The van der Waals surface area contributed by atoms with Gasteiger partial charge in [-0.25, -0.2) is 9.13 Å². The molecule has 92 heavy (non-hydrogen) atoms. The van der Waals surface area contributed by atoms with E-state index in [0.29, 0.717) is 25.7 Å². The fourth-order valence-electron chi connectivity index (χ4n) is 11.0. The maximum Gasteiger partial charge on any atom is 0.472 e. The number of esters is 4. The lowest BCUT2D eigenvalue weighted by atomic mass is 9.99. The number of phosphoric acid groups is 2. The summed E-state index contributed by atoms with van der Waals surface area (Å²) in [5.74, 6) is 0.185. The highest BCUT2D eigenvalue weighted by molar-refractivity contribution is 7.47. The van der Waals surface area contributed by atoms with Gasteiger partial charge in [-0.1, -0.05) is 318 Å². The van der Waals surface area contributed by atoms with Gasteiger partial charge in [0.1, 0.15) is 19.3 Å². The number of carbonyl (C=O) groups excluding carboxylic acids is 4. The van der Waals surface area contributed by atoms with Crippen LogP contribution in [0.15, 0.2) is 0 Å². The van der Waals surface area contributed by atoms with E-state index >= 15 is 0 Å². The van der Waals surface area contributed by atoms with E-state index in [0.717, 1.165) is 108 Å². The number of unbranched alkanes of at least 4 members (excludes halogenated alkanes) is 38. The Morgan fingerprint density at radius 3 is 0.826 bits per heavy atom. The highest BCUT2D eigenvalue weighted by Crippen LogP contribution is 2.45. The van der Waals surface area contributed by atoms with Gasteiger partial charge < -0.3 is 33.8 Å². The zero-order valence-corrected chi connectivity index (χ0v) is 61.8. The largest absolute Gasteiger partial charge is 0.472 e. The van der Waals surface area contributed by atoms with Crippen LogP contribution in [0.1, 0.15) is 370 Å². The van der Waals surface area contributed by atoms with Crippen molar-refractivity contribution in [2.75, 3.05) is 39.6 Å². The third kappa shape index (κ3) is 65.4. The van der Waals surface area contributed by atoms with Crippen molar-refractivity contribution < 1.29 is 80.2 Å². The first kappa shape index (κ1) is 90.1. The lowest BCUT2D eigenvalue weighted by Gasteiger charge is -2.21. The molecule has 3 N–H and O–H groups in total. The molecule has 0 aromatic rings. The molecule has 546 valence electrons. The van der Waals surface area contributed by atoms with E-state index in [4.69, 9.17) is 37.0 Å². The van der Waals surface area contributed by atoms with E-state index in [1.165, 1.54) is 180 Å². The van der Waals surface area contributed by atoms with Gasteiger partial charge in [0.2, 0.25) is 0 Å². The van der Waals surface area contributed by atoms with Gasteiger partial charge in [-0.05, 0) is 43.4 Å². The minimum absolute atomic E-state index is 0.104. The van der Waals surface area contributed by atoms with Crippen molar-refractivity contribution in [3.63, 3.8) is 0 Å². The number of hydrogen-bond donors (Lipinski definition) is 3. The predicted octanol–water partition coefficient (Wildman–Crippen LogP) is 21.0. The lowest BCUT2D eigenvalue weighted by molar-refractivity contribution is -0.161. The maximum atomic E-state index is 13.1. The van der Waals surface area contributed by atoms with Crippen LogP contribution in [0.3, 0.4) is 0 Å². The van der Waals surface area contributed by atoms with Crippen LogP contribution in [0.5, 0.6) is 0 Å². The van der Waals surface area contributed by atoms with E-state index in [-0.39, 0.29) is 25.7 Å². The Balaban J connectivity index is 5.24. The highest BCUT2D eigenvalue weighted by atomic mass is 31.2. The van der Waals surface area contributed by atoms with Gasteiger partial charge in [-0.3, -0.25) is 37.3 Å². The second-order valence-corrected chi connectivity index (χ2v) is 30.4. The Kier molecular flexibility index (Phi) is 62.4. The Morgan fingerprint density at radius 1 is 0.315 bits per heavy atom. The summed E-state index contributed by atoms with van der Waals surface area (Å²) in [6.07, 6.45) is 48.5. The summed E-state index contributed by atoms with van der Waals surface area (Å²) in [4.78, 5) is 72.7. The number of carbonyl (C=O) groups is 4. The normalized spacial score (nSPS) is 14.4. The molecule has 3 unspecified atom stereocenters. The van der Waals surface area contributed by atoms with Crippen molar-refractivity contribution in [3.8, 4) is 0 Å². The molecule has 6 atom stereocenters. The van der Waals surface area contributed by atoms with Gasteiger partial charge in [0.25, 0.3) is 0 Å². The van der Waals surface area contributed by atoms with Crippen LogP contribution in [-0.2, 0) is 65.4 Å². The topological polar surface area (TPSA) is 237 Å². The van der Waals surface area contributed by atoms with Gasteiger partial charge in [-0.2, -0.15) is 0 Å². The SMILES string of the molecule is CCCCCCCCCCCCCC(=O)OC[C@H](COP(=O)(O)OC[C@H](O)COP(=O)(O)OC[C@@H](COC(=O)CCCCCCCCCCCC(C)C)OC(=O)CCCCCCCCCCCCCCCCC(C)CC)OC(=O)CCCCCCCCCCC(C)C. The number of aliphatic hydroxyl groups excluding tert-OH is 1. The molecule has 0 saturated heterocycles. The summed E-state index contributed by atoms with van der Waals surface area (Å²) in [5.41, 5.74) is 0. The first-order valence-corrected chi connectivity index (χ1v) is 40.9. The molecule has 0 aliphatic carbocycles. The van der Waals surface area contributed by atoms with Crippen LogP contribution in [0.4, 0.5) is 0 Å². The molecular formula is C73H142O17P2. The zero-order chi connectivity index (χ0) is 68.0. The van der Waals surface area contributed by atoms with Gasteiger partial charge in [0.15, 0.2) is 12.2 Å². The molecule has 17 nitrogen and oxygen atoms in total. The molecule has 0 aromatic heterocycles. The number of aliphatic hydroxyl groups is 1. The van der Waals surface area contributed by atoms with Crippen LogP contribution in [0.2, 0.25) is 0 Å². The molecule has 0 fully saturated rings. The molecule has 0 rings (SSSR count). The van der Waals surface area contributed by atoms with Crippen molar-refractivity contribution in [3.05, 3.63) is 0 Å². The zero-order valence-electron chi connectivity index (χ0n) is 60.0. The van der Waals surface area contributed by atoms with Crippen molar-refractivity contribution in [2.24, 2.45) is 17.8 Å². The minimum Gasteiger partial charge on any atom is -0.462 e. The minimum atomic E-state index is -4.95. The third-order valence-electron chi connectivity index (χ3n) is 17.2. The van der Waals surface area contributed by atoms with Gasteiger partial charge >= 0.3 is 39.5 Å². The Hall–Kier alpha value is -1.94. The number of phosphoric ester groups is 2. The van der Waals surface area contributed by atoms with Crippen molar-refractivity contribution in [1.29, 1.82) is 0 Å². The molecule has 0 heterocycles. The highest BCUT2D eigenvalue weighted by Gasteiger charge is 2.30. The van der Waals surface area contributed by atoms with Crippen molar-refractivity contribution >= 4 is 39.5 Å². The lowest BCUT2D eigenvalue weighted by Crippen LogP contribution is -2.30. The summed E-state index contributed by atoms with van der Waals surface area (Å²) in [5, 5.41) is 10.6. The smallest absolute Gasteiger partial charge is 0.462 e. The number of hydrogen-bond acceptors (Lipinski definition) is 15. The maximum absolute atomic E-state index is 13.1. The van der Waals surface area contributed by atoms with E-state index in [2.05, 4.69) is 48.5 Å². The molecular weight excluding hydrogens is 1210 g/mol. The van der Waals surface area contributed by atoms with Crippen molar-refractivity contribution in [1.82, 2.24) is 0 Å². The van der Waals surface area contributed by atoms with Gasteiger partial charge in [0, 0.05) is 25.7 Å². The van der Waals surface area contributed by atoms with E-state index in [1.807, 2.05) is 0 Å². The summed E-state index contributed by atoms with van der Waals surface area (Å²) in [6, 6.07) is 0. The number of rotatable bonds is 71. The summed E-state index contributed by atoms with van der Waals surface area (Å²) < 4.78 is 68.4. The fraction of sp³-hybridized carbons (Fsp3) is 0.945. The molecule has 0 bridgehead atoms. The second-order valence-electron chi connectivity index (χ2n) is 27.5. The van der Waals surface area contributed by atoms with Crippen LogP contribution >= 0.6 is 15.6 Å². The molecule has 0 aliphatic heterocycles. The van der Waals surface area contributed by atoms with E-state index < -0.39 is 97.5 Å². The standard InChI is InChI=1S/C73H142O17P2/c1-8-10-11-12-13-14-19-25-33-40-47-54-70(75)83-61-69(90-73(78)57-50-43-36-29-28-31-38-45-52-65(5)6)63-88-92(81,82)86-59-67(74)58-85-91(79,80)87-62-68(60-84-71(76)55-48-41-34-27-22-23-30-37-44-51-64(3)4)89-72(77)56-49-42-35-26-21-18-16-15-17-20-24-32-39-46-53-66(7)9-2/h64-69,74H,8-63H2,1-7H3,(H,79,80)(H,81,82)/t66?,67-,68-,69-/m1/s1. The fourth-order valence-corrected chi connectivity index (χ4v) is 12.6. The third-order valence-corrected chi connectivity index (χ3v) is 19.1. The molecule has 0 aromatic carbocycles. The van der Waals surface area contributed by atoms with E-state index in [9.17, 15) is 43.2 Å². The average molecular weight is 1350 g/mol. The summed E-state index contributed by atoms with van der Waals surface area (Å²) in [6.45, 7) is 11.9. The Morgan fingerprint density at radius 2 is 0.554 bits per heavy atom. The molecule has 0 spiro atoms. The number of ether oxygens (including phenoxy) is 4. The quantitative estimate of drug-likeness (QED) is 0.0222. The monoisotopic (exact) mass is 1350 g/mol. The molecule has 19 heteroatoms. The summed E-state index contributed by atoms with van der Waals surface area (Å²) in [7, 11) is -9.91. The van der Waals surface area contributed by atoms with Gasteiger partial charge in [-0.15, -0.1) is 0 Å².